The van der Waals surface area contributed by atoms with Crippen molar-refractivity contribution in [3.05, 3.63) is 17.5 Å². The average Bonchev–Trinajstić information content (AvgIpc) is 2.94. The van der Waals surface area contributed by atoms with Crippen LogP contribution >= 0.6 is 0 Å². The van der Waals surface area contributed by atoms with Gasteiger partial charge in [-0.05, 0) is 18.4 Å². The van der Waals surface area contributed by atoms with Crippen molar-refractivity contribution in [3.63, 3.8) is 0 Å². The number of likely N-dealkylation sites (N-methyl/N-ethyl adjacent to an activating group) is 1. The normalized spacial score (nSPS) is 24.2. The number of carbonyl (C=O) groups excluding carboxylic acids is 2. The lowest BCUT2D eigenvalue weighted by Crippen LogP contribution is -2.54. The predicted octanol–water partition coefficient (Wildman–Crippen LogP) is 0.256. The summed E-state index contributed by atoms with van der Waals surface area (Å²) in [6.07, 6.45) is 0.702. The van der Waals surface area contributed by atoms with Gasteiger partial charge in [-0.3, -0.25) is 9.59 Å². The van der Waals surface area contributed by atoms with Crippen LogP contribution in [0.1, 0.15) is 42.4 Å². The molecular weight excluding hydrogens is 310 g/mol. The van der Waals surface area contributed by atoms with Gasteiger partial charge in [0.1, 0.15) is 17.9 Å². The summed E-state index contributed by atoms with van der Waals surface area (Å²) in [7, 11) is 1.76. The van der Waals surface area contributed by atoms with Crippen LogP contribution < -0.4 is 5.73 Å². The van der Waals surface area contributed by atoms with Crippen molar-refractivity contribution in [2.75, 3.05) is 39.0 Å². The number of nitrogens with zero attached hydrogens (tertiary/aromatic N) is 4. The average molecular weight is 333 g/mol. The Hall–Kier alpha value is -2.22. The van der Waals surface area contributed by atoms with Gasteiger partial charge >= 0.3 is 0 Å². The van der Waals surface area contributed by atoms with Gasteiger partial charge in [0.2, 0.25) is 11.9 Å². The largest absolute Gasteiger partial charge is 0.368 e. The Morgan fingerprint density at radius 3 is 2.79 bits per heavy atom. The number of ether oxygens (including phenoxy) is 1. The molecule has 8 nitrogen and oxygen atoms in total. The van der Waals surface area contributed by atoms with Crippen molar-refractivity contribution in [2.24, 2.45) is 0 Å². The van der Waals surface area contributed by atoms with Crippen molar-refractivity contribution in [1.29, 1.82) is 0 Å². The quantitative estimate of drug-likeness (QED) is 0.833. The molecule has 2 saturated heterocycles. The molecular formula is C16H23N5O3. The Balaban J connectivity index is 1.77. The van der Waals surface area contributed by atoms with Gasteiger partial charge in [0.15, 0.2) is 0 Å². The number of carbonyl (C=O) groups is 2. The summed E-state index contributed by atoms with van der Waals surface area (Å²) in [6, 6.07) is 1.70. The van der Waals surface area contributed by atoms with Gasteiger partial charge in [-0.15, -0.1) is 0 Å². The van der Waals surface area contributed by atoms with Crippen LogP contribution in [0.2, 0.25) is 0 Å². The molecule has 2 aliphatic heterocycles. The molecule has 8 heteroatoms. The molecule has 2 fully saturated rings. The van der Waals surface area contributed by atoms with Gasteiger partial charge in [-0.25, -0.2) is 9.97 Å². The fourth-order valence-electron chi connectivity index (χ4n) is 3.21. The first-order chi connectivity index (χ1) is 11.3. The highest BCUT2D eigenvalue weighted by atomic mass is 16.5. The molecule has 1 atom stereocenters. The Labute approximate surface area is 141 Å². The van der Waals surface area contributed by atoms with Crippen LogP contribution in [-0.2, 0) is 9.53 Å². The van der Waals surface area contributed by atoms with Crippen molar-refractivity contribution in [2.45, 2.75) is 31.8 Å². The van der Waals surface area contributed by atoms with E-state index in [1.807, 2.05) is 13.8 Å². The van der Waals surface area contributed by atoms with Crippen molar-refractivity contribution < 1.29 is 14.3 Å². The Morgan fingerprint density at radius 2 is 2.12 bits per heavy atom. The minimum atomic E-state index is -0.474. The van der Waals surface area contributed by atoms with E-state index in [-0.39, 0.29) is 30.3 Å². The van der Waals surface area contributed by atoms with Crippen LogP contribution in [0.4, 0.5) is 5.95 Å². The molecule has 1 aromatic heterocycles. The maximum absolute atomic E-state index is 12.8. The third-order valence-electron chi connectivity index (χ3n) is 4.63. The van der Waals surface area contributed by atoms with Crippen LogP contribution in [0, 0.1) is 0 Å². The Morgan fingerprint density at radius 1 is 1.38 bits per heavy atom. The van der Waals surface area contributed by atoms with Gasteiger partial charge in [-0.2, -0.15) is 0 Å². The van der Waals surface area contributed by atoms with Crippen molar-refractivity contribution >= 4 is 17.8 Å². The van der Waals surface area contributed by atoms with E-state index < -0.39 is 5.60 Å². The summed E-state index contributed by atoms with van der Waals surface area (Å²) in [5, 5.41) is 0. The Bertz CT molecular complexity index is 678. The maximum Gasteiger partial charge on any atom is 0.272 e. The van der Waals surface area contributed by atoms with Gasteiger partial charge in [0.05, 0.1) is 13.1 Å². The zero-order chi connectivity index (χ0) is 17.5. The van der Waals surface area contributed by atoms with Gasteiger partial charge in [0, 0.05) is 19.3 Å². The lowest BCUT2D eigenvalue weighted by molar-refractivity contribution is -0.158. The monoisotopic (exact) mass is 333 g/mol. The number of aromatic nitrogens is 2. The molecule has 2 amide bonds. The topological polar surface area (TPSA) is 102 Å². The van der Waals surface area contributed by atoms with Crippen molar-refractivity contribution in [3.8, 4) is 0 Å². The summed E-state index contributed by atoms with van der Waals surface area (Å²) in [5.41, 5.74) is 6.33. The first kappa shape index (κ1) is 16.6. The minimum absolute atomic E-state index is 0.0319. The third-order valence-corrected chi connectivity index (χ3v) is 4.63. The van der Waals surface area contributed by atoms with Gasteiger partial charge in [-0.1, -0.05) is 13.8 Å². The van der Waals surface area contributed by atoms with E-state index in [9.17, 15) is 9.59 Å². The fraction of sp³-hybridized carbons (Fsp3) is 0.625. The van der Waals surface area contributed by atoms with E-state index >= 15 is 0 Å². The lowest BCUT2D eigenvalue weighted by Gasteiger charge is -2.38. The summed E-state index contributed by atoms with van der Waals surface area (Å²) in [4.78, 5) is 36.0. The highest BCUT2D eigenvalue weighted by molar-refractivity contribution is 5.93. The number of likely N-dealkylation sites (tertiary alicyclic amines) is 1. The van der Waals surface area contributed by atoms with Crippen LogP contribution in [-0.4, -0.2) is 70.5 Å². The van der Waals surface area contributed by atoms with Crippen LogP contribution in [0.15, 0.2) is 6.07 Å². The fourth-order valence-corrected chi connectivity index (χ4v) is 3.21. The summed E-state index contributed by atoms with van der Waals surface area (Å²) in [6.45, 7) is 5.56. The van der Waals surface area contributed by atoms with Gasteiger partial charge in [0.25, 0.3) is 5.91 Å². The molecule has 0 aromatic carbocycles. The highest BCUT2D eigenvalue weighted by Crippen LogP contribution is 2.30. The SMILES string of the molecule is CC(C)c1cc(C(=O)N2CC[C@]3(CN(C)C(=O)CO3)C2)nc(N)n1. The van der Waals surface area contributed by atoms with Crippen LogP contribution in [0.3, 0.4) is 0 Å². The first-order valence-corrected chi connectivity index (χ1v) is 8.11. The summed E-state index contributed by atoms with van der Waals surface area (Å²) in [5.74, 6) is 0.0624. The molecule has 1 spiro atoms. The number of nitrogen functional groups attached to an aromatic ring is 1. The zero-order valence-corrected chi connectivity index (χ0v) is 14.3. The molecule has 3 rings (SSSR count). The molecule has 0 radical (unpaired) electrons. The number of anilines is 1. The number of hydrogen-bond acceptors (Lipinski definition) is 6. The minimum Gasteiger partial charge on any atom is -0.368 e. The second kappa shape index (κ2) is 6.01. The molecule has 1 aromatic rings. The zero-order valence-electron chi connectivity index (χ0n) is 14.3. The number of nitrogens with two attached hydrogens (primary N) is 1. The molecule has 0 saturated carbocycles. The molecule has 0 unspecified atom stereocenters. The smallest absolute Gasteiger partial charge is 0.272 e. The van der Waals surface area contributed by atoms with Crippen LogP contribution in [0.5, 0.6) is 0 Å². The van der Waals surface area contributed by atoms with Gasteiger partial charge < -0.3 is 20.3 Å². The standard InChI is InChI=1S/C16H23N5O3/c1-10(2)11-6-12(19-15(17)18-11)14(23)21-5-4-16(9-21)8-20(3)13(22)7-24-16/h6,10H,4-5,7-9H2,1-3H3,(H2,17,18,19)/t16-/m0/s1. The number of amides is 2. The molecule has 3 heterocycles. The second-order valence-corrected chi connectivity index (χ2v) is 6.89. The molecule has 0 bridgehead atoms. The van der Waals surface area contributed by atoms with E-state index in [4.69, 9.17) is 10.5 Å². The second-order valence-electron chi connectivity index (χ2n) is 6.89. The van der Waals surface area contributed by atoms with Crippen LogP contribution in [0.25, 0.3) is 0 Å². The predicted molar refractivity (Wildman–Crippen MR) is 87.4 cm³/mol. The molecule has 0 aliphatic carbocycles. The van der Waals surface area contributed by atoms with E-state index in [0.717, 1.165) is 5.69 Å². The summed E-state index contributed by atoms with van der Waals surface area (Å²) < 4.78 is 5.77. The van der Waals surface area contributed by atoms with E-state index in [0.29, 0.717) is 31.7 Å². The maximum atomic E-state index is 12.8. The van der Waals surface area contributed by atoms with E-state index in [2.05, 4.69) is 9.97 Å². The Kier molecular flexibility index (Phi) is 4.16. The molecule has 2 N–H and O–H groups in total. The lowest BCUT2D eigenvalue weighted by atomic mass is 10.0. The molecule has 24 heavy (non-hydrogen) atoms. The molecule has 2 aliphatic rings. The third kappa shape index (κ3) is 3.06. The van der Waals surface area contributed by atoms with Crippen molar-refractivity contribution in [1.82, 2.24) is 19.8 Å². The number of hydrogen-bond donors (Lipinski definition) is 1. The summed E-state index contributed by atoms with van der Waals surface area (Å²) >= 11 is 0. The van der Waals surface area contributed by atoms with E-state index in [1.54, 1.807) is 22.9 Å². The number of rotatable bonds is 2. The molecule has 130 valence electrons. The highest BCUT2D eigenvalue weighted by Gasteiger charge is 2.45. The number of morpholine rings is 1. The van der Waals surface area contributed by atoms with E-state index in [1.165, 1.54) is 0 Å². The first-order valence-electron chi connectivity index (χ1n) is 8.11.